The van der Waals surface area contributed by atoms with Crippen molar-refractivity contribution in [3.05, 3.63) is 32.8 Å². The number of nitrogens with one attached hydrogen (secondary N) is 1. The molecule has 0 heterocycles. The lowest BCUT2D eigenvalue weighted by molar-refractivity contribution is 0.387. The van der Waals surface area contributed by atoms with Gasteiger partial charge in [-0.05, 0) is 24.5 Å². The summed E-state index contributed by atoms with van der Waals surface area (Å²) in [6.45, 7) is 7.21. The fourth-order valence-electron chi connectivity index (χ4n) is 1.82. The molecule has 96 valence electrons. The van der Waals surface area contributed by atoms with Crippen LogP contribution in [0.15, 0.2) is 12.1 Å². The van der Waals surface area contributed by atoms with Gasteiger partial charge in [0.2, 0.25) is 0 Å². The third-order valence-electron chi connectivity index (χ3n) is 2.92. The maximum absolute atomic E-state index is 6.15. The van der Waals surface area contributed by atoms with Gasteiger partial charge in [-0.25, -0.2) is 0 Å². The van der Waals surface area contributed by atoms with Gasteiger partial charge in [0.25, 0.3) is 0 Å². The molecule has 0 saturated carbocycles. The van der Waals surface area contributed by atoms with Gasteiger partial charge in [-0.2, -0.15) is 0 Å². The van der Waals surface area contributed by atoms with Crippen molar-refractivity contribution in [3.8, 4) is 0 Å². The molecule has 1 nitrogen and oxygen atoms in total. The molecular weight excluding hydrogens is 277 g/mol. The van der Waals surface area contributed by atoms with Gasteiger partial charge >= 0.3 is 0 Å². The van der Waals surface area contributed by atoms with Crippen molar-refractivity contribution in [3.63, 3.8) is 0 Å². The largest absolute Gasteiger partial charge is 0.310 e. The summed E-state index contributed by atoms with van der Waals surface area (Å²) < 4.78 is 0. The van der Waals surface area contributed by atoms with Crippen LogP contribution in [0, 0.1) is 5.92 Å². The standard InChI is InChI=1S/C13H18Cl3N/c1-4-12(8(2)3)17-7-9-10(14)5-6-11(15)13(9)16/h5-6,8,12,17H,4,7H2,1-3H3. The molecule has 0 spiro atoms. The number of halogens is 3. The first kappa shape index (κ1) is 15.1. The van der Waals surface area contributed by atoms with E-state index >= 15 is 0 Å². The molecule has 1 aromatic carbocycles. The molecule has 1 N–H and O–H groups in total. The lowest BCUT2D eigenvalue weighted by Crippen LogP contribution is -2.32. The Morgan fingerprint density at radius 2 is 1.71 bits per heavy atom. The number of hydrogen-bond acceptors (Lipinski definition) is 1. The third kappa shape index (κ3) is 4.03. The van der Waals surface area contributed by atoms with Crippen LogP contribution in [0.1, 0.15) is 32.8 Å². The summed E-state index contributed by atoms with van der Waals surface area (Å²) >= 11 is 18.3. The molecule has 0 aliphatic carbocycles. The van der Waals surface area contributed by atoms with Gasteiger partial charge in [-0.3, -0.25) is 0 Å². The SMILES string of the molecule is CCC(NCc1c(Cl)ccc(Cl)c1Cl)C(C)C. The minimum Gasteiger partial charge on any atom is -0.310 e. The second-order valence-corrected chi connectivity index (χ2v) is 5.65. The summed E-state index contributed by atoms with van der Waals surface area (Å²) in [4.78, 5) is 0. The molecule has 0 bridgehead atoms. The Bertz CT molecular complexity index is 377. The van der Waals surface area contributed by atoms with Crippen LogP contribution in [0.25, 0.3) is 0 Å². The highest BCUT2D eigenvalue weighted by atomic mass is 35.5. The van der Waals surface area contributed by atoms with E-state index < -0.39 is 0 Å². The average Bonchev–Trinajstić information content (AvgIpc) is 2.28. The van der Waals surface area contributed by atoms with Crippen LogP contribution in [0.4, 0.5) is 0 Å². The van der Waals surface area contributed by atoms with E-state index in [-0.39, 0.29) is 0 Å². The minimum absolute atomic E-state index is 0.459. The predicted molar refractivity (Wildman–Crippen MR) is 77.2 cm³/mol. The highest BCUT2D eigenvalue weighted by Crippen LogP contribution is 2.31. The van der Waals surface area contributed by atoms with E-state index in [4.69, 9.17) is 34.8 Å². The zero-order chi connectivity index (χ0) is 13.0. The van der Waals surface area contributed by atoms with Gasteiger partial charge in [-0.1, -0.05) is 55.6 Å². The highest BCUT2D eigenvalue weighted by molar-refractivity contribution is 6.44. The quantitative estimate of drug-likeness (QED) is 0.739. The first-order valence-electron chi connectivity index (χ1n) is 5.83. The third-order valence-corrected chi connectivity index (χ3v) is 4.12. The molecular formula is C13H18Cl3N. The Morgan fingerprint density at radius 3 is 2.24 bits per heavy atom. The van der Waals surface area contributed by atoms with E-state index in [1.54, 1.807) is 12.1 Å². The molecule has 0 aliphatic heterocycles. The summed E-state index contributed by atoms with van der Waals surface area (Å²) in [5.41, 5.74) is 0.875. The zero-order valence-electron chi connectivity index (χ0n) is 10.4. The van der Waals surface area contributed by atoms with E-state index in [0.29, 0.717) is 33.6 Å². The summed E-state index contributed by atoms with van der Waals surface area (Å²) in [7, 11) is 0. The molecule has 0 aromatic heterocycles. The Morgan fingerprint density at radius 1 is 1.12 bits per heavy atom. The van der Waals surface area contributed by atoms with Crippen LogP contribution in [0.3, 0.4) is 0 Å². The van der Waals surface area contributed by atoms with Crippen molar-refractivity contribution in [2.45, 2.75) is 39.8 Å². The minimum atomic E-state index is 0.459. The zero-order valence-corrected chi connectivity index (χ0v) is 12.6. The van der Waals surface area contributed by atoms with Crippen LogP contribution >= 0.6 is 34.8 Å². The van der Waals surface area contributed by atoms with Crippen molar-refractivity contribution in [2.75, 3.05) is 0 Å². The summed E-state index contributed by atoms with van der Waals surface area (Å²) in [5.74, 6) is 0.580. The molecule has 0 radical (unpaired) electrons. The lowest BCUT2D eigenvalue weighted by Gasteiger charge is -2.21. The Labute approximate surface area is 118 Å². The molecule has 1 unspecified atom stereocenters. The molecule has 0 saturated heterocycles. The Hall–Kier alpha value is 0.0500. The molecule has 1 atom stereocenters. The van der Waals surface area contributed by atoms with Gasteiger partial charge < -0.3 is 5.32 Å². The van der Waals surface area contributed by atoms with E-state index in [2.05, 4.69) is 26.1 Å². The molecule has 0 amide bonds. The predicted octanol–water partition coefficient (Wildman–Crippen LogP) is 5.17. The summed E-state index contributed by atoms with van der Waals surface area (Å²) in [5, 5.41) is 5.22. The topological polar surface area (TPSA) is 12.0 Å². The van der Waals surface area contributed by atoms with Gasteiger partial charge in [0, 0.05) is 23.2 Å². The Kier molecular flexibility index (Phi) is 6.08. The first-order valence-corrected chi connectivity index (χ1v) is 6.96. The van der Waals surface area contributed by atoms with Crippen LogP contribution in [0.2, 0.25) is 15.1 Å². The lowest BCUT2D eigenvalue weighted by atomic mass is 10.0. The monoisotopic (exact) mass is 293 g/mol. The van der Waals surface area contributed by atoms with Gasteiger partial charge in [0.1, 0.15) is 0 Å². The van der Waals surface area contributed by atoms with Crippen LogP contribution < -0.4 is 5.32 Å². The fraction of sp³-hybridized carbons (Fsp3) is 0.538. The van der Waals surface area contributed by atoms with Gasteiger partial charge in [0.05, 0.1) is 10.0 Å². The Balaban J connectivity index is 2.78. The number of benzene rings is 1. The summed E-state index contributed by atoms with van der Waals surface area (Å²) in [6.07, 6.45) is 1.08. The molecule has 17 heavy (non-hydrogen) atoms. The van der Waals surface area contributed by atoms with Crippen LogP contribution in [0.5, 0.6) is 0 Å². The number of rotatable bonds is 5. The second kappa shape index (κ2) is 6.84. The van der Waals surface area contributed by atoms with Crippen LogP contribution in [-0.2, 0) is 6.54 Å². The van der Waals surface area contributed by atoms with Gasteiger partial charge in [0.15, 0.2) is 0 Å². The fourth-order valence-corrected chi connectivity index (χ4v) is 2.50. The van der Waals surface area contributed by atoms with Gasteiger partial charge in [-0.15, -0.1) is 0 Å². The second-order valence-electron chi connectivity index (χ2n) is 4.46. The van der Waals surface area contributed by atoms with Crippen LogP contribution in [-0.4, -0.2) is 6.04 Å². The van der Waals surface area contributed by atoms with E-state index in [1.807, 2.05) is 0 Å². The molecule has 0 aliphatic rings. The first-order chi connectivity index (χ1) is 7.97. The van der Waals surface area contributed by atoms with Crippen molar-refractivity contribution in [1.29, 1.82) is 0 Å². The molecule has 1 rings (SSSR count). The molecule has 4 heteroatoms. The molecule has 1 aromatic rings. The van der Waals surface area contributed by atoms with Crippen molar-refractivity contribution in [1.82, 2.24) is 5.32 Å². The van der Waals surface area contributed by atoms with Crippen molar-refractivity contribution in [2.24, 2.45) is 5.92 Å². The van der Waals surface area contributed by atoms with Crippen molar-refractivity contribution >= 4 is 34.8 Å². The average molecular weight is 295 g/mol. The normalized spacial score (nSPS) is 13.1. The van der Waals surface area contributed by atoms with E-state index in [0.717, 1.165) is 12.0 Å². The van der Waals surface area contributed by atoms with E-state index in [9.17, 15) is 0 Å². The molecule has 0 fully saturated rings. The highest BCUT2D eigenvalue weighted by Gasteiger charge is 2.14. The summed E-state index contributed by atoms with van der Waals surface area (Å²) in [6, 6.07) is 3.96. The number of hydrogen-bond donors (Lipinski definition) is 1. The maximum Gasteiger partial charge on any atom is 0.0652 e. The smallest absolute Gasteiger partial charge is 0.0652 e. The van der Waals surface area contributed by atoms with Crippen molar-refractivity contribution < 1.29 is 0 Å². The maximum atomic E-state index is 6.15. The van der Waals surface area contributed by atoms with E-state index in [1.165, 1.54) is 0 Å².